The molecule has 7 heteroatoms. The summed E-state index contributed by atoms with van der Waals surface area (Å²) < 4.78 is 37.4. The summed E-state index contributed by atoms with van der Waals surface area (Å²) in [7, 11) is 0. The van der Waals surface area contributed by atoms with Gasteiger partial charge in [0.1, 0.15) is 0 Å². The van der Waals surface area contributed by atoms with Crippen LogP contribution in [-0.4, -0.2) is 43.0 Å². The molecule has 2 N–H and O–H groups in total. The van der Waals surface area contributed by atoms with Crippen LogP contribution in [0.5, 0.6) is 0 Å². The largest absolute Gasteiger partial charge is 0.416 e. The van der Waals surface area contributed by atoms with Gasteiger partial charge in [0.15, 0.2) is 0 Å². The van der Waals surface area contributed by atoms with E-state index in [-0.39, 0.29) is 11.9 Å². The zero-order valence-corrected chi connectivity index (χ0v) is 11.7. The maximum atomic E-state index is 12.5. The van der Waals surface area contributed by atoms with E-state index >= 15 is 0 Å². The van der Waals surface area contributed by atoms with Crippen molar-refractivity contribution in [2.75, 3.05) is 31.5 Å². The highest BCUT2D eigenvalue weighted by Gasteiger charge is 2.30. The van der Waals surface area contributed by atoms with Crippen LogP contribution in [0.2, 0.25) is 0 Å². The average molecular weight is 301 g/mol. The van der Waals surface area contributed by atoms with E-state index in [9.17, 15) is 18.0 Å². The fraction of sp³-hybridized carbons (Fsp3) is 0.500. The maximum Gasteiger partial charge on any atom is 0.416 e. The average Bonchev–Trinajstić information content (AvgIpc) is 2.47. The van der Waals surface area contributed by atoms with E-state index in [0.29, 0.717) is 5.69 Å². The lowest BCUT2D eigenvalue weighted by Gasteiger charge is -2.31. The quantitative estimate of drug-likeness (QED) is 0.897. The minimum Gasteiger partial charge on any atom is -0.325 e. The van der Waals surface area contributed by atoms with E-state index in [1.165, 1.54) is 12.1 Å². The van der Waals surface area contributed by atoms with Crippen LogP contribution in [0.3, 0.4) is 0 Å². The van der Waals surface area contributed by atoms with Crippen molar-refractivity contribution in [3.05, 3.63) is 29.8 Å². The van der Waals surface area contributed by atoms with Gasteiger partial charge in [-0.2, -0.15) is 13.2 Å². The Labute approximate surface area is 121 Å². The fourth-order valence-corrected chi connectivity index (χ4v) is 2.22. The third-order valence-electron chi connectivity index (χ3n) is 3.56. The van der Waals surface area contributed by atoms with Crippen molar-refractivity contribution in [2.24, 2.45) is 0 Å². The predicted molar refractivity (Wildman–Crippen MR) is 74.0 cm³/mol. The highest BCUT2D eigenvalue weighted by molar-refractivity contribution is 5.94. The van der Waals surface area contributed by atoms with E-state index in [1.54, 1.807) is 6.92 Å². The van der Waals surface area contributed by atoms with Gasteiger partial charge in [0.2, 0.25) is 5.91 Å². The van der Waals surface area contributed by atoms with Crippen molar-refractivity contribution < 1.29 is 18.0 Å². The smallest absolute Gasteiger partial charge is 0.325 e. The van der Waals surface area contributed by atoms with Crippen LogP contribution in [0.15, 0.2) is 24.3 Å². The molecule has 1 atom stereocenters. The maximum absolute atomic E-state index is 12.5. The molecule has 1 aliphatic heterocycles. The Morgan fingerprint density at radius 1 is 1.24 bits per heavy atom. The van der Waals surface area contributed by atoms with E-state index in [1.807, 2.05) is 4.90 Å². The number of carbonyl (C=O) groups is 1. The Balaban J connectivity index is 1.95. The number of rotatable bonds is 3. The lowest BCUT2D eigenvalue weighted by molar-refractivity contribution is -0.137. The molecule has 0 saturated carbocycles. The minimum absolute atomic E-state index is 0.211. The number of alkyl halides is 3. The van der Waals surface area contributed by atoms with Crippen molar-refractivity contribution in [3.8, 4) is 0 Å². The Kier molecular flexibility index (Phi) is 4.84. The third kappa shape index (κ3) is 4.18. The molecule has 1 unspecified atom stereocenters. The van der Waals surface area contributed by atoms with Gasteiger partial charge in [-0.15, -0.1) is 0 Å². The molecule has 0 radical (unpaired) electrons. The minimum atomic E-state index is -4.36. The molecule has 1 aliphatic rings. The van der Waals surface area contributed by atoms with Gasteiger partial charge in [-0.25, -0.2) is 0 Å². The van der Waals surface area contributed by atoms with E-state index in [4.69, 9.17) is 0 Å². The van der Waals surface area contributed by atoms with Crippen LogP contribution in [0, 0.1) is 0 Å². The first-order valence-electron chi connectivity index (χ1n) is 6.81. The monoisotopic (exact) mass is 301 g/mol. The van der Waals surface area contributed by atoms with Crippen LogP contribution < -0.4 is 10.6 Å². The van der Waals surface area contributed by atoms with Crippen molar-refractivity contribution >= 4 is 11.6 Å². The highest BCUT2D eigenvalue weighted by Crippen LogP contribution is 2.29. The molecule has 0 aliphatic carbocycles. The molecule has 1 fully saturated rings. The summed E-state index contributed by atoms with van der Waals surface area (Å²) in [5.41, 5.74) is -0.356. The molecule has 4 nitrogen and oxygen atoms in total. The second kappa shape index (κ2) is 6.44. The lowest BCUT2D eigenvalue weighted by atomic mass is 10.2. The van der Waals surface area contributed by atoms with E-state index in [0.717, 1.165) is 38.3 Å². The lowest BCUT2D eigenvalue weighted by Crippen LogP contribution is -2.51. The Morgan fingerprint density at radius 3 is 2.33 bits per heavy atom. The number of piperazine rings is 1. The summed E-state index contributed by atoms with van der Waals surface area (Å²) in [6, 6.07) is 4.15. The number of anilines is 1. The summed E-state index contributed by atoms with van der Waals surface area (Å²) in [5, 5.41) is 5.85. The van der Waals surface area contributed by atoms with Crippen LogP contribution >= 0.6 is 0 Å². The summed E-state index contributed by atoms with van der Waals surface area (Å²) in [6.45, 7) is 5.02. The van der Waals surface area contributed by atoms with Gasteiger partial charge in [0.05, 0.1) is 11.6 Å². The van der Waals surface area contributed by atoms with Gasteiger partial charge in [-0.1, -0.05) is 0 Å². The number of nitrogens with one attached hydrogen (secondary N) is 2. The van der Waals surface area contributed by atoms with Gasteiger partial charge in [0.25, 0.3) is 0 Å². The van der Waals surface area contributed by atoms with Crippen molar-refractivity contribution in [2.45, 2.75) is 19.1 Å². The molecule has 116 valence electrons. The fourth-order valence-electron chi connectivity index (χ4n) is 2.22. The second-order valence-corrected chi connectivity index (χ2v) is 5.03. The summed E-state index contributed by atoms with van der Waals surface area (Å²) in [4.78, 5) is 14.1. The summed E-state index contributed by atoms with van der Waals surface area (Å²) in [6.07, 6.45) is -4.36. The number of carbonyl (C=O) groups excluding carboxylic acids is 1. The molecular weight excluding hydrogens is 283 g/mol. The molecule has 0 aromatic heterocycles. The van der Waals surface area contributed by atoms with Crippen LogP contribution in [-0.2, 0) is 11.0 Å². The summed E-state index contributed by atoms with van der Waals surface area (Å²) in [5.74, 6) is -0.211. The number of benzene rings is 1. The molecule has 2 rings (SSSR count). The van der Waals surface area contributed by atoms with Crippen molar-refractivity contribution in [1.29, 1.82) is 0 Å². The Hall–Kier alpha value is -1.60. The highest BCUT2D eigenvalue weighted by atomic mass is 19.4. The van der Waals surface area contributed by atoms with Crippen molar-refractivity contribution in [1.82, 2.24) is 10.2 Å². The number of hydrogen-bond donors (Lipinski definition) is 2. The van der Waals surface area contributed by atoms with E-state index in [2.05, 4.69) is 10.6 Å². The van der Waals surface area contributed by atoms with E-state index < -0.39 is 11.7 Å². The van der Waals surface area contributed by atoms with Crippen LogP contribution in [0.4, 0.5) is 18.9 Å². The van der Waals surface area contributed by atoms with Crippen molar-refractivity contribution in [3.63, 3.8) is 0 Å². The summed E-state index contributed by atoms with van der Waals surface area (Å²) >= 11 is 0. The normalized spacial score (nSPS) is 18.3. The molecule has 0 bridgehead atoms. The first kappa shape index (κ1) is 15.8. The standard InChI is InChI=1S/C14H18F3N3O/c1-10(20-8-6-18-7-9-20)13(21)19-12-4-2-11(3-5-12)14(15,16)17/h2-5,10,18H,6-9H2,1H3,(H,19,21). The molecule has 0 spiro atoms. The first-order valence-corrected chi connectivity index (χ1v) is 6.81. The van der Waals surface area contributed by atoms with Gasteiger partial charge in [-0.05, 0) is 31.2 Å². The van der Waals surface area contributed by atoms with Gasteiger partial charge in [0, 0.05) is 31.9 Å². The third-order valence-corrected chi connectivity index (χ3v) is 3.56. The van der Waals surface area contributed by atoms with Gasteiger partial charge >= 0.3 is 6.18 Å². The molecule has 21 heavy (non-hydrogen) atoms. The number of amides is 1. The Bertz CT molecular complexity index is 481. The molecule has 1 aromatic rings. The van der Waals surface area contributed by atoms with Gasteiger partial charge in [-0.3, -0.25) is 9.69 Å². The second-order valence-electron chi connectivity index (χ2n) is 5.03. The van der Waals surface area contributed by atoms with Crippen LogP contribution in [0.1, 0.15) is 12.5 Å². The number of hydrogen-bond acceptors (Lipinski definition) is 3. The number of nitrogens with zero attached hydrogens (tertiary/aromatic N) is 1. The molecule has 1 heterocycles. The zero-order valence-electron chi connectivity index (χ0n) is 11.7. The SMILES string of the molecule is CC(C(=O)Nc1ccc(C(F)(F)F)cc1)N1CCNCC1. The predicted octanol–water partition coefficient (Wildman–Crippen LogP) is 1.94. The van der Waals surface area contributed by atoms with Crippen LogP contribution in [0.25, 0.3) is 0 Å². The molecular formula is C14H18F3N3O. The number of halogens is 3. The Morgan fingerprint density at radius 2 is 1.81 bits per heavy atom. The molecule has 1 aromatic carbocycles. The van der Waals surface area contributed by atoms with Gasteiger partial charge < -0.3 is 10.6 Å². The zero-order chi connectivity index (χ0) is 15.5. The molecule has 1 amide bonds. The topological polar surface area (TPSA) is 44.4 Å². The first-order chi connectivity index (χ1) is 9.88. The molecule has 1 saturated heterocycles.